The van der Waals surface area contributed by atoms with Crippen LogP contribution in [0.4, 0.5) is 5.69 Å². The second-order valence-electron chi connectivity index (χ2n) is 6.63. The normalized spacial score (nSPS) is 14.7. The molecular weight excluding hydrogens is 350 g/mol. The fraction of sp³-hybridized carbons (Fsp3) is 0.227. The van der Waals surface area contributed by atoms with Crippen molar-refractivity contribution in [3.8, 4) is 17.5 Å². The number of allylic oxidation sites excluding steroid dienone is 1. The summed E-state index contributed by atoms with van der Waals surface area (Å²) in [4.78, 5) is 2.30. The van der Waals surface area contributed by atoms with Crippen LogP contribution < -0.4 is 4.90 Å². The molecule has 140 valence electrons. The van der Waals surface area contributed by atoms with Gasteiger partial charge in [-0.15, -0.1) is 10.2 Å². The van der Waals surface area contributed by atoms with Gasteiger partial charge in [0.2, 0.25) is 0 Å². The molecule has 0 unspecified atom stereocenters. The van der Waals surface area contributed by atoms with E-state index < -0.39 is 0 Å². The first-order valence-corrected chi connectivity index (χ1v) is 9.26. The molecule has 3 aromatic rings. The minimum Gasteiger partial charge on any atom is -0.378 e. The lowest BCUT2D eigenvalue weighted by Gasteiger charge is -2.28. The summed E-state index contributed by atoms with van der Waals surface area (Å²) in [6, 6.07) is 20.3. The first-order chi connectivity index (χ1) is 13.8. The Labute approximate surface area is 164 Å². The summed E-state index contributed by atoms with van der Waals surface area (Å²) >= 11 is 0. The van der Waals surface area contributed by atoms with Gasteiger partial charge < -0.3 is 14.2 Å². The van der Waals surface area contributed by atoms with Crippen molar-refractivity contribution in [3.63, 3.8) is 0 Å². The largest absolute Gasteiger partial charge is 0.378 e. The predicted octanol–water partition coefficient (Wildman–Crippen LogP) is 3.38. The first-order valence-electron chi connectivity index (χ1n) is 9.26. The smallest absolute Gasteiger partial charge is 0.174 e. The van der Waals surface area contributed by atoms with Crippen LogP contribution in [-0.4, -0.2) is 41.1 Å². The van der Waals surface area contributed by atoms with Crippen molar-refractivity contribution in [2.45, 2.75) is 0 Å². The predicted molar refractivity (Wildman–Crippen MR) is 109 cm³/mol. The summed E-state index contributed by atoms with van der Waals surface area (Å²) in [7, 11) is 1.88. The van der Waals surface area contributed by atoms with E-state index >= 15 is 0 Å². The van der Waals surface area contributed by atoms with Gasteiger partial charge in [0, 0.05) is 31.4 Å². The minimum absolute atomic E-state index is 0.483. The molecule has 0 aliphatic carbocycles. The van der Waals surface area contributed by atoms with Gasteiger partial charge in [-0.05, 0) is 23.8 Å². The van der Waals surface area contributed by atoms with Crippen LogP contribution in [0.3, 0.4) is 0 Å². The highest BCUT2D eigenvalue weighted by atomic mass is 16.5. The maximum absolute atomic E-state index is 9.68. The van der Waals surface area contributed by atoms with Gasteiger partial charge in [-0.3, -0.25) is 0 Å². The van der Waals surface area contributed by atoms with Gasteiger partial charge in [0.15, 0.2) is 11.6 Å². The molecular formula is C22H21N5O. The average molecular weight is 371 g/mol. The topological polar surface area (TPSA) is 67.0 Å². The molecule has 6 nitrogen and oxygen atoms in total. The van der Waals surface area contributed by atoms with Gasteiger partial charge in [-0.2, -0.15) is 5.26 Å². The Balaban J connectivity index is 1.60. The Morgan fingerprint density at radius 3 is 2.43 bits per heavy atom. The molecule has 0 atom stereocenters. The van der Waals surface area contributed by atoms with Crippen LogP contribution in [-0.2, 0) is 11.8 Å². The number of rotatable bonds is 4. The molecule has 1 aliphatic heterocycles. The van der Waals surface area contributed by atoms with Crippen molar-refractivity contribution >= 4 is 17.3 Å². The van der Waals surface area contributed by atoms with Crippen molar-refractivity contribution in [1.29, 1.82) is 5.26 Å². The molecule has 1 aromatic heterocycles. The number of hydrogen-bond donors (Lipinski definition) is 0. The van der Waals surface area contributed by atoms with E-state index in [1.165, 1.54) is 5.69 Å². The van der Waals surface area contributed by atoms with Gasteiger partial charge in [0.25, 0.3) is 0 Å². The third-order valence-corrected chi connectivity index (χ3v) is 4.85. The van der Waals surface area contributed by atoms with Gasteiger partial charge >= 0.3 is 0 Å². The lowest BCUT2D eigenvalue weighted by Crippen LogP contribution is -2.36. The summed E-state index contributed by atoms with van der Waals surface area (Å²) in [5, 5.41) is 18.2. The van der Waals surface area contributed by atoms with E-state index in [1.54, 1.807) is 0 Å². The number of aromatic nitrogens is 3. The van der Waals surface area contributed by atoms with Crippen LogP contribution in [0.2, 0.25) is 0 Å². The molecule has 0 radical (unpaired) electrons. The van der Waals surface area contributed by atoms with E-state index in [1.807, 2.05) is 60.2 Å². The number of ether oxygens (including phenoxy) is 1. The number of hydrogen-bond acceptors (Lipinski definition) is 5. The number of anilines is 1. The molecule has 0 bridgehead atoms. The quantitative estimate of drug-likeness (QED) is 0.658. The summed E-state index contributed by atoms with van der Waals surface area (Å²) in [5.74, 6) is 1.29. The maximum Gasteiger partial charge on any atom is 0.174 e. The van der Waals surface area contributed by atoms with Gasteiger partial charge in [-0.25, -0.2) is 0 Å². The Kier molecular flexibility index (Phi) is 5.18. The molecule has 28 heavy (non-hydrogen) atoms. The van der Waals surface area contributed by atoms with Crippen LogP contribution in [0.15, 0.2) is 54.6 Å². The van der Waals surface area contributed by atoms with Crippen LogP contribution in [0.1, 0.15) is 11.4 Å². The summed E-state index contributed by atoms with van der Waals surface area (Å²) in [6.07, 6.45) is 1.85. The molecule has 0 amide bonds. The molecule has 1 saturated heterocycles. The first kappa shape index (κ1) is 18.0. The number of nitrogens with zero attached hydrogens (tertiary/aromatic N) is 5. The molecule has 0 N–H and O–H groups in total. The fourth-order valence-electron chi connectivity index (χ4n) is 3.32. The molecule has 1 fully saturated rings. The van der Waals surface area contributed by atoms with Crippen molar-refractivity contribution in [2.75, 3.05) is 31.2 Å². The SMILES string of the molecule is Cn1c(/C(C#N)=C\c2ccc(N3CCOCC3)cc2)nnc1-c1ccccc1. The standard InChI is InChI=1S/C22H21N5O/c1-26-21(18-5-3-2-4-6-18)24-25-22(26)19(16-23)15-17-7-9-20(10-8-17)27-11-13-28-14-12-27/h2-10,15H,11-14H2,1H3/b19-15-. The van der Waals surface area contributed by atoms with E-state index in [4.69, 9.17) is 4.74 Å². The fourth-order valence-corrected chi connectivity index (χ4v) is 3.32. The summed E-state index contributed by atoms with van der Waals surface area (Å²) < 4.78 is 7.26. The van der Waals surface area contributed by atoms with Crippen LogP contribution in [0.25, 0.3) is 23.0 Å². The number of nitriles is 1. The van der Waals surface area contributed by atoms with Gasteiger partial charge in [0.1, 0.15) is 6.07 Å². The van der Waals surface area contributed by atoms with Crippen LogP contribution in [0.5, 0.6) is 0 Å². The minimum atomic E-state index is 0.483. The van der Waals surface area contributed by atoms with Crippen molar-refractivity contribution in [3.05, 3.63) is 66.0 Å². The molecule has 1 aliphatic rings. The zero-order valence-corrected chi connectivity index (χ0v) is 15.7. The monoisotopic (exact) mass is 371 g/mol. The third-order valence-electron chi connectivity index (χ3n) is 4.85. The molecule has 2 aromatic carbocycles. The Bertz CT molecular complexity index is 1010. The Morgan fingerprint density at radius 2 is 1.75 bits per heavy atom. The molecule has 2 heterocycles. The average Bonchev–Trinajstić information content (AvgIpc) is 3.15. The van der Waals surface area contributed by atoms with Crippen molar-refractivity contribution < 1.29 is 4.74 Å². The molecule has 0 saturated carbocycles. The summed E-state index contributed by atoms with van der Waals surface area (Å²) in [5.41, 5.74) is 3.58. The highest BCUT2D eigenvalue weighted by molar-refractivity contribution is 5.87. The highest BCUT2D eigenvalue weighted by Crippen LogP contribution is 2.23. The van der Waals surface area contributed by atoms with E-state index in [2.05, 4.69) is 33.3 Å². The van der Waals surface area contributed by atoms with Crippen LogP contribution in [0, 0.1) is 11.3 Å². The maximum atomic E-state index is 9.68. The second kappa shape index (κ2) is 8.07. The van der Waals surface area contributed by atoms with E-state index in [0.29, 0.717) is 11.4 Å². The number of morpholine rings is 1. The van der Waals surface area contributed by atoms with Gasteiger partial charge in [0.05, 0.1) is 18.8 Å². The van der Waals surface area contributed by atoms with E-state index in [-0.39, 0.29) is 0 Å². The molecule has 6 heteroatoms. The molecule has 0 spiro atoms. The second-order valence-corrected chi connectivity index (χ2v) is 6.63. The lowest BCUT2D eigenvalue weighted by atomic mass is 10.1. The van der Waals surface area contributed by atoms with Crippen LogP contribution >= 0.6 is 0 Å². The van der Waals surface area contributed by atoms with E-state index in [9.17, 15) is 5.26 Å². The Hall–Kier alpha value is -3.43. The van der Waals surface area contributed by atoms with Gasteiger partial charge in [-0.1, -0.05) is 42.5 Å². The zero-order chi connectivity index (χ0) is 19.3. The number of benzene rings is 2. The molecule has 4 rings (SSSR count). The van der Waals surface area contributed by atoms with Crippen molar-refractivity contribution in [2.24, 2.45) is 7.05 Å². The zero-order valence-electron chi connectivity index (χ0n) is 15.7. The third kappa shape index (κ3) is 3.66. The van der Waals surface area contributed by atoms with E-state index in [0.717, 1.165) is 43.3 Å². The summed E-state index contributed by atoms with van der Waals surface area (Å²) in [6.45, 7) is 3.33. The lowest BCUT2D eigenvalue weighted by molar-refractivity contribution is 0.122. The highest BCUT2D eigenvalue weighted by Gasteiger charge is 2.15. The Morgan fingerprint density at radius 1 is 1.04 bits per heavy atom. The van der Waals surface area contributed by atoms with Crippen molar-refractivity contribution in [1.82, 2.24) is 14.8 Å².